The van der Waals surface area contributed by atoms with Gasteiger partial charge < -0.3 is 5.32 Å². The molecule has 1 aliphatic heterocycles. The molecule has 0 unspecified atom stereocenters. The summed E-state index contributed by atoms with van der Waals surface area (Å²) < 4.78 is 0. The number of fused-ring (bicyclic) bond motifs is 1. The van der Waals surface area contributed by atoms with Gasteiger partial charge in [-0.05, 0) is 17.9 Å². The number of thioether (sulfide) groups is 1. The molecule has 1 N–H and O–H groups in total. The van der Waals surface area contributed by atoms with E-state index < -0.39 is 0 Å². The minimum atomic E-state index is 0.109. The summed E-state index contributed by atoms with van der Waals surface area (Å²) in [7, 11) is 0. The third-order valence-electron chi connectivity index (χ3n) is 2.69. The van der Waals surface area contributed by atoms with Crippen LogP contribution >= 0.6 is 11.8 Å². The van der Waals surface area contributed by atoms with E-state index in [1.165, 1.54) is 5.56 Å². The first-order valence-corrected chi connectivity index (χ1v) is 7.09. The highest BCUT2D eigenvalue weighted by atomic mass is 32.2. The SMILES string of the molecule is CSCCC(=O)NCC1=Nc2ccccc2C1. The minimum absolute atomic E-state index is 0.109. The molecule has 0 radical (unpaired) electrons. The first kappa shape index (κ1) is 12.2. The lowest BCUT2D eigenvalue weighted by Crippen LogP contribution is -2.29. The summed E-state index contributed by atoms with van der Waals surface area (Å²) in [4.78, 5) is 16.0. The van der Waals surface area contributed by atoms with E-state index >= 15 is 0 Å². The Morgan fingerprint density at radius 3 is 3.06 bits per heavy atom. The van der Waals surface area contributed by atoms with Gasteiger partial charge in [0.2, 0.25) is 5.91 Å². The monoisotopic (exact) mass is 248 g/mol. The lowest BCUT2D eigenvalue weighted by Gasteiger charge is -2.03. The molecule has 3 nitrogen and oxygen atoms in total. The molecular formula is C13H16N2OS. The van der Waals surface area contributed by atoms with Crippen molar-refractivity contribution in [1.29, 1.82) is 0 Å². The number of para-hydroxylation sites is 1. The number of hydrogen-bond acceptors (Lipinski definition) is 3. The summed E-state index contributed by atoms with van der Waals surface area (Å²) in [5.74, 6) is 0.983. The van der Waals surface area contributed by atoms with Gasteiger partial charge >= 0.3 is 0 Å². The highest BCUT2D eigenvalue weighted by Gasteiger charge is 2.13. The first-order valence-electron chi connectivity index (χ1n) is 5.69. The maximum absolute atomic E-state index is 11.5. The number of aliphatic imine (C=N–C) groups is 1. The molecule has 2 rings (SSSR count). The molecule has 4 heteroatoms. The van der Waals surface area contributed by atoms with Crippen LogP contribution in [-0.4, -0.2) is 30.2 Å². The molecule has 1 aromatic rings. The molecule has 0 saturated carbocycles. The number of carbonyl (C=O) groups excluding carboxylic acids is 1. The minimum Gasteiger partial charge on any atom is -0.351 e. The van der Waals surface area contributed by atoms with Crippen molar-refractivity contribution in [2.24, 2.45) is 4.99 Å². The van der Waals surface area contributed by atoms with Gasteiger partial charge in [0.1, 0.15) is 0 Å². The third-order valence-corrected chi connectivity index (χ3v) is 3.30. The Hall–Kier alpha value is -1.29. The summed E-state index contributed by atoms with van der Waals surface area (Å²) in [6.45, 7) is 0.571. The number of nitrogens with one attached hydrogen (secondary N) is 1. The van der Waals surface area contributed by atoms with Gasteiger partial charge in [-0.15, -0.1) is 0 Å². The van der Waals surface area contributed by atoms with E-state index in [0.29, 0.717) is 13.0 Å². The van der Waals surface area contributed by atoms with E-state index in [9.17, 15) is 4.79 Å². The number of rotatable bonds is 5. The average Bonchev–Trinajstić information content (AvgIpc) is 2.76. The van der Waals surface area contributed by atoms with Crippen LogP contribution in [0, 0.1) is 0 Å². The van der Waals surface area contributed by atoms with E-state index in [1.54, 1.807) is 11.8 Å². The van der Waals surface area contributed by atoms with Crippen molar-refractivity contribution in [3.63, 3.8) is 0 Å². The van der Waals surface area contributed by atoms with Crippen molar-refractivity contribution in [2.45, 2.75) is 12.8 Å². The van der Waals surface area contributed by atoms with E-state index in [-0.39, 0.29) is 5.91 Å². The van der Waals surface area contributed by atoms with Crippen LogP contribution in [0.1, 0.15) is 12.0 Å². The second-order valence-corrected chi connectivity index (χ2v) is 4.99. The molecule has 1 aliphatic rings. The van der Waals surface area contributed by atoms with Gasteiger partial charge in [0, 0.05) is 24.3 Å². The van der Waals surface area contributed by atoms with Crippen molar-refractivity contribution >= 4 is 29.1 Å². The van der Waals surface area contributed by atoms with Crippen LogP contribution in [0.15, 0.2) is 29.3 Å². The van der Waals surface area contributed by atoms with Gasteiger partial charge in [-0.1, -0.05) is 18.2 Å². The Balaban J connectivity index is 1.81. The Kier molecular flexibility index (Phi) is 4.20. The zero-order valence-corrected chi connectivity index (χ0v) is 10.7. The molecular weight excluding hydrogens is 232 g/mol. The number of nitrogens with zero attached hydrogens (tertiary/aromatic N) is 1. The summed E-state index contributed by atoms with van der Waals surface area (Å²) >= 11 is 1.69. The fraction of sp³-hybridized carbons (Fsp3) is 0.385. The standard InChI is InChI=1S/C13H16N2OS/c1-17-7-6-13(16)14-9-11-8-10-4-2-3-5-12(10)15-11/h2-5H,6-9H2,1H3,(H,14,16). The van der Waals surface area contributed by atoms with E-state index in [4.69, 9.17) is 0 Å². The van der Waals surface area contributed by atoms with Gasteiger partial charge in [-0.3, -0.25) is 9.79 Å². The second-order valence-electron chi connectivity index (χ2n) is 4.00. The summed E-state index contributed by atoms with van der Waals surface area (Å²) in [6, 6.07) is 8.11. The van der Waals surface area contributed by atoms with Crippen LogP contribution in [0.2, 0.25) is 0 Å². The Bertz CT molecular complexity index is 443. The summed E-state index contributed by atoms with van der Waals surface area (Å²) in [5, 5.41) is 2.91. The molecule has 0 saturated heterocycles. The van der Waals surface area contributed by atoms with Gasteiger partial charge in [0.05, 0.1) is 12.2 Å². The third kappa shape index (κ3) is 3.33. The van der Waals surface area contributed by atoms with Crippen LogP contribution < -0.4 is 5.32 Å². The van der Waals surface area contributed by atoms with Gasteiger partial charge in [-0.25, -0.2) is 0 Å². The first-order chi connectivity index (χ1) is 8.29. The average molecular weight is 248 g/mol. The molecule has 1 amide bonds. The molecule has 1 heterocycles. The Morgan fingerprint density at radius 1 is 1.47 bits per heavy atom. The number of hydrogen-bond donors (Lipinski definition) is 1. The highest BCUT2D eigenvalue weighted by molar-refractivity contribution is 7.98. The van der Waals surface area contributed by atoms with Crippen LogP contribution in [0.25, 0.3) is 0 Å². The van der Waals surface area contributed by atoms with Crippen LogP contribution in [0.3, 0.4) is 0 Å². The highest BCUT2D eigenvalue weighted by Crippen LogP contribution is 2.25. The lowest BCUT2D eigenvalue weighted by atomic mass is 10.1. The van der Waals surface area contributed by atoms with Crippen LogP contribution in [0.4, 0.5) is 5.69 Å². The maximum atomic E-state index is 11.5. The van der Waals surface area contributed by atoms with Crippen molar-refractivity contribution in [3.05, 3.63) is 29.8 Å². The van der Waals surface area contributed by atoms with Crippen molar-refractivity contribution in [2.75, 3.05) is 18.6 Å². The van der Waals surface area contributed by atoms with Crippen LogP contribution in [-0.2, 0) is 11.2 Å². The predicted molar refractivity (Wildman–Crippen MR) is 73.2 cm³/mol. The maximum Gasteiger partial charge on any atom is 0.221 e. The van der Waals surface area contributed by atoms with Crippen molar-refractivity contribution in [3.8, 4) is 0 Å². The van der Waals surface area contributed by atoms with E-state index in [0.717, 1.165) is 23.6 Å². The number of benzene rings is 1. The topological polar surface area (TPSA) is 41.5 Å². The largest absolute Gasteiger partial charge is 0.351 e. The molecule has 1 aromatic carbocycles. The molecule has 0 fully saturated rings. The number of amides is 1. The molecule has 0 atom stereocenters. The molecule has 90 valence electrons. The molecule has 0 aromatic heterocycles. The zero-order valence-electron chi connectivity index (χ0n) is 9.90. The molecule has 0 bridgehead atoms. The number of carbonyl (C=O) groups is 1. The lowest BCUT2D eigenvalue weighted by molar-refractivity contribution is -0.120. The Labute approximate surface area is 106 Å². The van der Waals surface area contributed by atoms with Gasteiger partial charge in [0.25, 0.3) is 0 Å². The summed E-state index contributed by atoms with van der Waals surface area (Å²) in [5.41, 5.74) is 3.34. The summed E-state index contributed by atoms with van der Waals surface area (Å²) in [6.07, 6.45) is 3.45. The fourth-order valence-corrected chi connectivity index (χ4v) is 2.17. The van der Waals surface area contributed by atoms with Crippen molar-refractivity contribution < 1.29 is 4.79 Å². The smallest absolute Gasteiger partial charge is 0.221 e. The second kappa shape index (κ2) is 5.87. The van der Waals surface area contributed by atoms with E-state index in [2.05, 4.69) is 16.4 Å². The van der Waals surface area contributed by atoms with Gasteiger partial charge in [-0.2, -0.15) is 11.8 Å². The predicted octanol–water partition coefficient (Wildman–Crippen LogP) is 2.18. The van der Waals surface area contributed by atoms with Gasteiger partial charge in [0.15, 0.2) is 0 Å². The molecule has 17 heavy (non-hydrogen) atoms. The molecule has 0 spiro atoms. The normalized spacial score (nSPS) is 13.1. The fourth-order valence-electron chi connectivity index (χ4n) is 1.78. The van der Waals surface area contributed by atoms with Crippen molar-refractivity contribution in [1.82, 2.24) is 5.32 Å². The quantitative estimate of drug-likeness (QED) is 0.867. The van der Waals surface area contributed by atoms with E-state index in [1.807, 2.05) is 24.5 Å². The molecule has 0 aliphatic carbocycles. The van der Waals surface area contributed by atoms with Crippen LogP contribution in [0.5, 0.6) is 0 Å². The Morgan fingerprint density at radius 2 is 2.29 bits per heavy atom. The zero-order chi connectivity index (χ0) is 12.1.